The average molecular weight is 342 g/mol. The third-order valence-corrected chi connectivity index (χ3v) is 4.11. The van der Waals surface area contributed by atoms with Crippen LogP contribution in [-0.2, 0) is 4.79 Å². The molecule has 122 valence electrons. The van der Waals surface area contributed by atoms with Crippen molar-refractivity contribution in [2.24, 2.45) is 4.99 Å². The van der Waals surface area contributed by atoms with E-state index in [-0.39, 0.29) is 11.7 Å². The maximum Gasteiger partial charge on any atom is 0.264 e. The number of aliphatic imine (C=N–C) groups is 1. The molecule has 1 fully saturated rings. The molecule has 2 aromatic carbocycles. The maximum absolute atomic E-state index is 12.9. The molecule has 1 heterocycles. The molecule has 2 aromatic rings. The molecular formula is C18H15FN2O2S. The molecule has 4 nitrogen and oxygen atoms in total. The van der Waals surface area contributed by atoms with E-state index in [0.717, 1.165) is 11.3 Å². The number of hydrogen-bond acceptors (Lipinski definition) is 4. The second kappa shape index (κ2) is 7.31. The number of halogens is 1. The van der Waals surface area contributed by atoms with E-state index in [9.17, 15) is 9.18 Å². The summed E-state index contributed by atoms with van der Waals surface area (Å²) >= 11 is 1.25. The summed E-state index contributed by atoms with van der Waals surface area (Å²) in [5.41, 5.74) is 1.49. The molecule has 0 saturated carbocycles. The molecule has 0 aliphatic carbocycles. The Labute approximate surface area is 143 Å². The lowest BCUT2D eigenvalue weighted by atomic mass is 10.2. The summed E-state index contributed by atoms with van der Waals surface area (Å²) in [6, 6.07) is 13.3. The van der Waals surface area contributed by atoms with E-state index in [4.69, 9.17) is 4.74 Å². The Morgan fingerprint density at radius 1 is 1.17 bits per heavy atom. The van der Waals surface area contributed by atoms with E-state index in [2.05, 4.69) is 10.3 Å². The van der Waals surface area contributed by atoms with Gasteiger partial charge in [-0.25, -0.2) is 9.38 Å². The lowest BCUT2D eigenvalue weighted by Crippen LogP contribution is -2.19. The fourth-order valence-corrected chi connectivity index (χ4v) is 2.93. The SMILES string of the molecule is CCOc1ccc(C=C2SC(=Nc3ccc(F)cc3)NC2=O)cc1. The van der Waals surface area contributed by atoms with Crippen LogP contribution in [0.3, 0.4) is 0 Å². The highest BCUT2D eigenvalue weighted by Crippen LogP contribution is 2.28. The first-order valence-corrected chi connectivity index (χ1v) is 8.24. The molecular weight excluding hydrogens is 327 g/mol. The zero-order valence-corrected chi connectivity index (χ0v) is 13.8. The number of amides is 1. The van der Waals surface area contributed by atoms with E-state index in [1.807, 2.05) is 31.2 Å². The highest BCUT2D eigenvalue weighted by Gasteiger charge is 2.23. The molecule has 1 amide bonds. The standard InChI is InChI=1S/C18H15FN2O2S/c1-2-23-15-9-3-12(4-10-15)11-16-17(22)21-18(24-16)20-14-7-5-13(19)6-8-14/h3-11H,2H2,1H3,(H,20,21,22). The highest BCUT2D eigenvalue weighted by atomic mass is 32.2. The van der Waals surface area contributed by atoms with Gasteiger partial charge in [0, 0.05) is 0 Å². The fourth-order valence-electron chi connectivity index (χ4n) is 2.09. The van der Waals surface area contributed by atoms with Crippen molar-refractivity contribution < 1.29 is 13.9 Å². The predicted octanol–water partition coefficient (Wildman–Crippen LogP) is 4.12. The van der Waals surface area contributed by atoms with Crippen molar-refractivity contribution in [2.45, 2.75) is 6.92 Å². The van der Waals surface area contributed by atoms with Gasteiger partial charge in [0.05, 0.1) is 17.2 Å². The molecule has 0 unspecified atom stereocenters. The van der Waals surface area contributed by atoms with Gasteiger partial charge < -0.3 is 10.1 Å². The van der Waals surface area contributed by atoms with Gasteiger partial charge in [-0.05, 0) is 66.7 Å². The zero-order chi connectivity index (χ0) is 16.9. The minimum absolute atomic E-state index is 0.199. The van der Waals surface area contributed by atoms with Gasteiger partial charge in [-0.15, -0.1) is 0 Å². The number of rotatable bonds is 4. The van der Waals surface area contributed by atoms with Gasteiger partial charge in [0.1, 0.15) is 11.6 Å². The van der Waals surface area contributed by atoms with E-state index in [1.165, 1.54) is 23.9 Å². The summed E-state index contributed by atoms with van der Waals surface area (Å²) in [6.07, 6.45) is 1.79. The maximum atomic E-state index is 12.9. The van der Waals surface area contributed by atoms with E-state index < -0.39 is 0 Å². The molecule has 0 radical (unpaired) electrons. The topological polar surface area (TPSA) is 50.7 Å². The van der Waals surface area contributed by atoms with Crippen molar-refractivity contribution in [1.29, 1.82) is 0 Å². The van der Waals surface area contributed by atoms with Crippen LogP contribution in [0.1, 0.15) is 12.5 Å². The van der Waals surface area contributed by atoms with Gasteiger partial charge in [0.25, 0.3) is 5.91 Å². The molecule has 0 atom stereocenters. The summed E-state index contributed by atoms with van der Waals surface area (Å²) in [4.78, 5) is 16.9. The van der Waals surface area contributed by atoms with Gasteiger partial charge in [0.2, 0.25) is 0 Å². The normalized spacial score (nSPS) is 17.3. The summed E-state index contributed by atoms with van der Waals surface area (Å²) in [7, 11) is 0. The van der Waals surface area contributed by atoms with Crippen LogP contribution < -0.4 is 10.1 Å². The van der Waals surface area contributed by atoms with Crippen LogP contribution in [0.2, 0.25) is 0 Å². The molecule has 1 aliphatic heterocycles. The van der Waals surface area contributed by atoms with E-state index in [0.29, 0.717) is 22.4 Å². The highest BCUT2D eigenvalue weighted by molar-refractivity contribution is 8.18. The molecule has 6 heteroatoms. The first-order chi connectivity index (χ1) is 11.6. The van der Waals surface area contributed by atoms with Gasteiger partial charge in [-0.2, -0.15) is 0 Å². The molecule has 1 N–H and O–H groups in total. The molecule has 1 saturated heterocycles. The van der Waals surface area contributed by atoms with Crippen molar-refractivity contribution in [2.75, 3.05) is 6.61 Å². The summed E-state index contributed by atoms with van der Waals surface area (Å²) < 4.78 is 18.3. The first kappa shape index (κ1) is 16.3. The fraction of sp³-hybridized carbons (Fsp3) is 0.111. The molecule has 24 heavy (non-hydrogen) atoms. The second-order valence-electron chi connectivity index (χ2n) is 4.96. The molecule has 0 aromatic heterocycles. The van der Waals surface area contributed by atoms with E-state index >= 15 is 0 Å². The Morgan fingerprint density at radius 2 is 1.88 bits per heavy atom. The largest absolute Gasteiger partial charge is 0.494 e. The summed E-state index contributed by atoms with van der Waals surface area (Å²) in [6.45, 7) is 2.54. The number of benzene rings is 2. The number of amidine groups is 1. The quantitative estimate of drug-likeness (QED) is 0.851. The van der Waals surface area contributed by atoms with Crippen molar-refractivity contribution in [1.82, 2.24) is 5.32 Å². The zero-order valence-electron chi connectivity index (χ0n) is 13.0. The van der Waals surface area contributed by atoms with Crippen molar-refractivity contribution in [3.63, 3.8) is 0 Å². The molecule has 3 rings (SSSR count). The third-order valence-electron chi connectivity index (χ3n) is 3.20. The van der Waals surface area contributed by atoms with Crippen LogP contribution in [-0.4, -0.2) is 17.7 Å². The van der Waals surface area contributed by atoms with Crippen LogP contribution in [0.4, 0.5) is 10.1 Å². The number of nitrogens with one attached hydrogen (secondary N) is 1. The number of ether oxygens (including phenoxy) is 1. The second-order valence-corrected chi connectivity index (χ2v) is 5.99. The van der Waals surface area contributed by atoms with Gasteiger partial charge in [-0.3, -0.25) is 4.79 Å². The Kier molecular flexibility index (Phi) is 4.96. The number of hydrogen-bond donors (Lipinski definition) is 1. The molecule has 0 bridgehead atoms. The van der Waals surface area contributed by atoms with Gasteiger partial charge in [0.15, 0.2) is 5.17 Å². The van der Waals surface area contributed by atoms with Crippen LogP contribution in [0, 0.1) is 5.82 Å². The van der Waals surface area contributed by atoms with Crippen molar-refractivity contribution >= 4 is 34.6 Å². The average Bonchev–Trinajstić information content (AvgIpc) is 2.91. The minimum Gasteiger partial charge on any atom is -0.494 e. The van der Waals surface area contributed by atoms with Gasteiger partial charge >= 0.3 is 0 Å². The minimum atomic E-state index is -0.321. The van der Waals surface area contributed by atoms with Crippen molar-refractivity contribution in [3.8, 4) is 5.75 Å². The Balaban J connectivity index is 1.75. The van der Waals surface area contributed by atoms with Crippen LogP contribution in [0.15, 0.2) is 58.4 Å². The first-order valence-electron chi connectivity index (χ1n) is 7.42. The number of nitrogens with zero attached hydrogens (tertiary/aromatic N) is 1. The third kappa shape index (κ3) is 4.02. The lowest BCUT2D eigenvalue weighted by Gasteiger charge is -2.02. The van der Waals surface area contributed by atoms with Crippen LogP contribution in [0.25, 0.3) is 6.08 Å². The number of carbonyl (C=O) groups excluding carboxylic acids is 1. The Bertz CT molecular complexity index is 799. The number of thioether (sulfide) groups is 1. The Morgan fingerprint density at radius 3 is 2.54 bits per heavy atom. The number of carbonyl (C=O) groups is 1. The lowest BCUT2D eigenvalue weighted by molar-refractivity contribution is -0.115. The predicted molar refractivity (Wildman–Crippen MR) is 94.8 cm³/mol. The van der Waals surface area contributed by atoms with E-state index in [1.54, 1.807) is 18.2 Å². The van der Waals surface area contributed by atoms with Crippen LogP contribution in [0.5, 0.6) is 5.75 Å². The van der Waals surface area contributed by atoms with Gasteiger partial charge in [-0.1, -0.05) is 12.1 Å². The monoisotopic (exact) mass is 342 g/mol. The molecule has 1 aliphatic rings. The smallest absolute Gasteiger partial charge is 0.264 e. The Hall–Kier alpha value is -2.60. The van der Waals surface area contributed by atoms with Crippen molar-refractivity contribution in [3.05, 3.63) is 64.8 Å². The molecule has 0 spiro atoms. The summed E-state index contributed by atoms with van der Waals surface area (Å²) in [5.74, 6) is 0.273. The van der Waals surface area contributed by atoms with Crippen LogP contribution >= 0.6 is 11.8 Å². The summed E-state index contributed by atoms with van der Waals surface area (Å²) in [5, 5.41) is 3.18.